The van der Waals surface area contributed by atoms with Gasteiger partial charge in [-0.2, -0.15) is 0 Å². The van der Waals surface area contributed by atoms with E-state index in [0.29, 0.717) is 18.8 Å². The van der Waals surface area contributed by atoms with Crippen LogP contribution in [0.1, 0.15) is 24.0 Å². The maximum atomic E-state index is 5.60. The molecule has 4 heterocycles. The number of anilines is 1. The number of hydrogen-bond donors (Lipinski definition) is 1. The molecule has 1 atom stereocenters. The van der Waals surface area contributed by atoms with Crippen LogP contribution in [0.2, 0.25) is 0 Å². The van der Waals surface area contributed by atoms with Crippen LogP contribution in [0.5, 0.6) is 11.5 Å². The number of aromatic nitrogens is 2. The third kappa shape index (κ3) is 4.50. The minimum atomic E-state index is 0.335. The Bertz CT molecular complexity index is 853. The van der Waals surface area contributed by atoms with Crippen molar-refractivity contribution in [3.05, 3.63) is 41.7 Å². The van der Waals surface area contributed by atoms with Gasteiger partial charge in [0.25, 0.3) is 0 Å². The fourth-order valence-electron chi connectivity index (χ4n) is 4.76. The van der Waals surface area contributed by atoms with Crippen molar-refractivity contribution in [2.75, 3.05) is 51.8 Å². The zero-order valence-electron chi connectivity index (χ0n) is 17.4. The van der Waals surface area contributed by atoms with Crippen LogP contribution in [-0.2, 0) is 13.1 Å². The number of fused-ring (bicyclic) bond motifs is 1. The summed E-state index contributed by atoms with van der Waals surface area (Å²) in [5.74, 6) is 2.07. The van der Waals surface area contributed by atoms with Gasteiger partial charge in [-0.15, -0.1) is 0 Å². The molecule has 0 aliphatic carbocycles. The molecule has 30 heavy (non-hydrogen) atoms. The molecule has 3 aliphatic rings. The first kappa shape index (κ1) is 19.5. The Morgan fingerprint density at radius 3 is 2.50 bits per heavy atom. The van der Waals surface area contributed by atoms with E-state index in [0.717, 1.165) is 69.4 Å². The summed E-state index contributed by atoms with van der Waals surface area (Å²) in [6.45, 7) is 8.95. The van der Waals surface area contributed by atoms with Crippen molar-refractivity contribution < 1.29 is 9.47 Å². The van der Waals surface area contributed by atoms with Gasteiger partial charge in [0, 0.05) is 69.8 Å². The predicted molar refractivity (Wildman–Crippen MR) is 114 cm³/mol. The molecule has 5 rings (SSSR count). The molecule has 160 valence electrons. The van der Waals surface area contributed by atoms with E-state index >= 15 is 0 Å². The van der Waals surface area contributed by atoms with Gasteiger partial charge in [0.1, 0.15) is 0 Å². The van der Waals surface area contributed by atoms with E-state index in [1.165, 1.54) is 18.4 Å². The van der Waals surface area contributed by atoms with Crippen molar-refractivity contribution in [1.82, 2.24) is 24.7 Å². The lowest BCUT2D eigenvalue weighted by Crippen LogP contribution is -2.54. The third-order valence-electron chi connectivity index (χ3n) is 6.38. The van der Waals surface area contributed by atoms with Crippen LogP contribution in [0.25, 0.3) is 0 Å². The molecule has 2 saturated heterocycles. The monoisotopic (exact) mass is 410 g/mol. The average molecular weight is 411 g/mol. The molecule has 1 aromatic heterocycles. The highest BCUT2D eigenvalue weighted by Crippen LogP contribution is 2.33. The molecule has 3 aliphatic heterocycles. The number of rotatable bonds is 5. The summed E-state index contributed by atoms with van der Waals surface area (Å²) in [6, 6.07) is 6.94. The summed E-state index contributed by atoms with van der Waals surface area (Å²) in [6.07, 6.45) is 6.23. The normalized spacial score (nSPS) is 23.0. The van der Waals surface area contributed by atoms with Crippen LogP contribution >= 0.6 is 0 Å². The Balaban J connectivity index is 1.11. The molecule has 0 saturated carbocycles. The predicted octanol–water partition coefficient (Wildman–Crippen LogP) is 1.57. The summed E-state index contributed by atoms with van der Waals surface area (Å²) in [4.78, 5) is 16.0. The Morgan fingerprint density at radius 2 is 1.67 bits per heavy atom. The van der Waals surface area contributed by atoms with Gasteiger partial charge in [-0.1, -0.05) is 6.07 Å². The second-order valence-corrected chi connectivity index (χ2v) is 8.48. The molecule has 0 radical (unpaired) electrons. The van der Waals surface area contributed by atoms with Crippen LogP contribution in [0.4, 0.5) is 5.95 Å². The van der Waals surface area contributed by atoms with Crippen molar-refractivity contribution in [2.45, 2.75) is 32.0 Å². The highest BCUT2D eigenvalue weighted by molar-refractivity contribution is 5.44. The largest absolute Gasteiger partial charge is 0.454 e. The third-order valence-corrected chi connectivity index (χ3v) is 6.38. The highest BCUT2D eigenvalue weighted by atomic mass is 16.7. The number of ether oxygens (including phenoxy) is 2. The topological polar surface area (TPSA) is 80.0 Å². The lowest BCUT2D eigenvalue weighted by molar-refractivity contribution is 0.0477. The van der Waals surface area contributed by atoms with E-state index in [1.54, 1.807) is 0 Å². The zero-order chi connectivity index (χ0) is 20.3. The number of nitrogen functional groups attached to an aromatic ring is 1. The van der Waals surface area contributed by atoms with E-state index in [-0.39, 0.29) is 0 Å². The number of benzene rings is 1. The minimum absolute atomic E-state index is 0.335. The fraction of sp³-hybridized carbons (Fsp3) is 0.545. The first-order valence-corrected chi connectivity index (χ1v) is 10.9. The molecular formula is C22H30N6O2. The van der Waals surface area contributed by atoms with Crippen molar-refractivity contribution in [3.63, 3.8) is 0 Å². The van der Waals surface area contributed by atoms with Gasteiger partial charge in [0.05, 0.1) is 0 Å². The lowest BCUT2D eigenvalue weighted by atomic mass is 10.0. The lowest BCUT2D eigenvalue weighted by Gasteiger charge is -2.43. The SMILES string of the molecule is Nc1ncc(CN2CCC[C@@H](N3CCN(Cc4ccc5c(c4)OCO5)CC3)C2)cn1. The summed E-state index contributed by atoms with van der Waals surface area (Å²) in [5, 5.41) is 0. The molecule has 2 fully saturated rings. The molecule has 0 unspecified atom stereocenters. The number of nitrogens with two attached hydrogens (primary N) is 1. The first-order valence-electron chi connectivity index (χ1n) is 10.9. The Morgan fingerprint density at radius 1 is 0.900 bits per heavy atom. The second-order valence-electron chi connectivity index (χ2n) is 8.48. The Kier molecular flexibility index (Phi) is 5.70. The van der Waals surface area contributed by atoms with Gasteiger partial charge >= 0.3 is 0 Å². The van der Waals surface area contributed by atoms with Crippen molar-refractivity contribution in [2.24, 2.45) is 0 Å². The highest BCUT2D eigenvalue weighted by Gasteiger charge is 2.28. The fourth-order valence-corrected chi connectivity index (χ4v) is 4.76. The molecule has 8 nitrogen and oxygen atoms in total. The summed E-state index contributed by atoms with van der Waals surface area (Å²) in [5.41, 5.74) is 8.04. The van der Waals surface area contributed by atoms with Crippen molar-refractivity contribution in [3.8, 4) is 11.5 Å². The number of nitrogens with zero attached hydrogens (tertiary/aromatic N) is 5. The number of likely N-dealkylation sites (tertiary alicyclic amines) is 1. The van der Waals surface area contributed by atoms with Gasteiger partial charge in [0.15, 0.2) is 11.5 Å². The summed E-state index contributed by atoms with van der Waals surface area (Å²) >= 11 is 0. The minimum Gasteiger partial charge on any atom is -0.454 e. The van der Waals surface area contributed by atoms with E-state index in [4.69, 9.17) is 15.2 Å². The van der Waals surface area contributed by atoms with E-state index in [1.807, 2.05) is 18.5 Å². The number of hydrogen-bond acceptors (Lipinski definition) is 8. The van der Waals surface area contributed by atoms with Crippen molar-refractivity contribution >= 4 is 5.95 Å². The quantitative estimate of drug-likeness (QED) is 0.796. The number of piperidine rings is 1. The summed E-state index contributed by atoms with van der Waals surface area (Å²) < 4.78 is 10.9. The van der Waals surface area contributed by atoms with E-state index in [2.05, 4.69) is 36.8 Å². The standard InChI is InChI=1S/C22H30N6O2/c23-22-24-11-18(12-25-22)14-27-5-1-2-19(15-27)28-8-6-26(7-9-28)13-17-3-4-20-21(10-17)30-16-29-20/h3-4,10-12,19H,1-2,5-9,13-16H2,(H2,23,24,25)/t19-/m1/s1. The molecule has 1 aromatic carbocycles. The maximum Gasteiger partial charge on any atom is 0.231 e. The van der Waals surface area contributed by atoms with Gasteiger partial charge < -0.3 is 15.2 Å². The maximum absolute atomic E-state index is 5.60. The van der Waals surface area contributed by atoms with Gasteiger partial charge in [0.2, 0.25) is 12.7 Å². The smallest absolute Gasteiger partial charge is 0.231 e. The Labute approximate surface area is 177 Å². The van der Waals surface area contributed by atoms with Crippen LogP contribution in [-0.4, -0.2) is 76.8 Å². The number of piperazine rings is 1. The molecule has 0 amide bonds. The Hall–Kier alpha value is -2.42. The van der Waals surface area contributed by atoms with Gasteiger partial charge in [-0.25, -0.2) is 9.97 Å². The van der Waals surface area contributed by atoms with Gasteiger partial charge in [-0.3, -0.25) is 14.7 Å². The second kappa shape index (κ2) is 8.75. The van der Waals surface area contributed by atoms with Crippen LogP contribution < -0.4 is 15.2 Å². The molecule has 2 N–H and O–H groups in total. The van der Waals surface area contributed by atoms with Crippen LogP contribution in [0, 0.1) is 0 Å². The van der Waals surface area contributed by atoms with E-state index < -0.39 is 0 Å². The molecular weight excluding hydrogens is 380 g/mol. The molecule has 0 bridgehead atoms. The summed E-state index contributed by atoms with van der Waals surface area (Å²) in [7, 11) is 0. The average Bonchev–Trinajstić information content (AvgIpc) is 3.24. The van der Waals surface area contributed by atoms with Gasteiger partial charge in [-0.05, 0) is 37.1 Å². The van der Waals surface area contributed by atoms with Crippen molar-refractivity contribution in [1.29, 1.82) is 0 Å². The zero-order valence-corrected chi connectivity index (χ0v) is 17.4. The van der Waals surface area contributed by atoms with E-state index in [9.17, 15) is 0 Å². The first-order chi connectivity index (χ1) is 14.7. The molecule has 8 heteroatoms. The molecule has 0 spiro atoms. The van der Waals surface area contributed by atoms with Crippen LogP contribution in [0.3, 0.4) is 0 Å². The van der Waals surface area contributed by atoms with Crippen LogP contribution in [0.15, 0.2) is 30.6 Å². The molecule has 2 aromatic rings.